The van der Waals surface area contributed by atoms with Crippen molar-refractivity contribution in [3.63, 3.8) is 0 Å². The number of carbonyl (C=O) groups excluding carboxylic acids is 1. The first kappa shape index (κ1) is 20.9. The number of ether oxygens (including phenoxy) is 1. The van der Waals surface area contributed by atoms with Crippen LogP contribution in [0.5, 0.6) is 0 Å². The molecule has 1 atom stereocenters. The van der Waals surface area contributed by atoms with Crippen molar-refractivity contribution >= 4 is 17.3 Å². The van der Waals surface area contributed by atoms with Crippen LogP contribution in [0.25, 0.3) is 0 Å². The zero-order chi connectivity index (χ0) is 18.8. The van der Waals surface area contributed by atoms with Crippen molar-refractivity contribution in [1.82, 2.24) is 5.32 Å². The first-order valence-electron chi connectivity index (χ1n) is 8.67. The number of carbonyl (C=O) groups is 1. The molecule has 1 amide bonds. The number of methoxy groups -OCH3 is 1. The van der Waals surface area contributed by atoms with Gasteiger partial charge in [-0.3, -0.25) is 14.9 Å². The van der Waals surface area contributed by atoms with Crippen LogP contribution in [0, 0.1) is 16.0 Å². The van der Waals surface area contributed by atoms with Crippen LogP contribution < -0.4 is 10.6 Å². The van der Waals surface area contributed by atoms with E-state index in [1.165, 1.54) is 6.07 Å². The second kappa shape index (κ2) is 10.7. The zero-order valence-electron chi connectivity index (χ0n) is 15.5. The molecule has 0 fully saturated rings. The average Bonchev–Trinajstić information content (AvgIpc) is 2.54. The van der Waals surface area contributed by atoms with Gasteiger partial charge in [-0.1, -0.05) is 26.7 Å². The Labute approximate surface area is 149 Å². The summed E-state index contributed by atoms with van der Waals surface area (Å²) < 4.78 is 4.92. The molecule has 7 heteroatoms. The normalized spacial score (nSPS) is 12.0. The van der Waals surface area contributed by atoms with Gasteiger partial charge in [0.1, 0.15) is 5.69 Å². The van der Waals surface area contributed by atoms with Crippen molar-refractivity contribution in [2.45, 2.75) is 46.1 Å². The molecule has 0 spiro atoms. The third-order valence-corrected chi connectivity index (χ3v) is 3.87. The van der Waals surface area contributed by atoms with E-state index >= 15 is 0 Å². The fraction of sp³-hybridized carbons (Fsp3) is 0.611. The van der Waals surface area contributed by atoms with Crippen LogP contribution in [0.2, 0.25) is 0 Å². The third-order valence-electron chi connectivity index (χ3n) is 3.87. The molecule has 0 heterocycles. The van der Waals surface area contributed by atoms with Crippen molar-refractivity contribution < 1.29 is 14.5 Å². The Morgan fingerprint density at radius 2 is 2.00 bits per heavy atom. The van der Waals surface area contributed by atoms with Crippen LogP contribution in [0.3, 0.4) is 0 Å². The molecule has 0 saturated heterocycles. The lowest BCUT2D eigenvalue weighted by atomic mass is 10.0. The standard InChI is InChI=1S/C18H29N3O4/c1-13(2)6-5-7-14(3)20-18(22)15-8-9-16(19-10-11-25-4)17(12-15)21(23)24/h8-9,12-14,19H,5-7,10-11H2,1-4H3,(H,20,22). The predicted octanol–water partition coefficient (Wildman–Crippen LogP) is 3.60. The van der Waals surface area contributed by atoms with Gasteiger partial charge in [-0.05, 0) is 31.4 Å². The monoisotopic (exact) mass is 351 g/mol. The molecule has 1 aromatic rings. The van der Waals surface area contributed by atoms with E-state index in [0.29, 0.717) is 30.3 Å². The van der Waals surface area contributed by atoms with Crippen molar-refractivity contribution in [1.29, 1.82) is 0 Å². The van der Waals surface area contributed by atoms with Gasteiger partial charge in [0.25, 0.3) is 11.6 Å². The maximum Gasteiger partial charge on any atom is 0.293 e. The molecule has 0 aliphatic carbocycles. The molecular formula is C18H29N3O4. The summed E-state index contributed by atoms with van der Waals surface area (Å²) in [5.74, 6) is 0.354. The average molecular weight is 351 g/mol. The summed E-state index contributed by atoms with van der Waals surface area (Å²) >= 11 is 0. The second-order valence-corrected chi connectivity index (χ2v) is 6.61. The van der Waals surface area contributed by atoms with E-state index in [2.05, 4.69) is 24.5 Å². The topological polar surface area (TPSA) is 93.5 Å². The number of rotatable bonds is 11. The number of nitrogens with zero attached hydrogens (tertiary/aromatic N) is 1. The number of anilines is 1. The number of nitro benzene ring substituents is 1. The minimum Gasteiger partial charge on any atom is -0.383 e. The maximum atomic E-state index is 12.3. The van der Waals surface area contributed by atoms with Gasteiger partial charge in [0.2, 0.25) is 0 Å². The molecule has 0 aliphatic heterocycles. The highest BCUT2D eigenvalue weighted by molar-refractivity contribution is 5.95. The highest BCUT2D eigenvalue weighted by Crippen LogP contribution is 2.25. The Bertz CT molecular complexity index is 575. The van der Waals surface area contributed by atoms with Crippen LogP contribution in [-0.4, -0.2) is 37.1 Å². The van der Waals surface area contributed by atoms with Gasteiger partial charge >= 0.3 is 0 Å². The highest BCUT2D eigenvalue weighted by atomic mass is 16.6. The van der Waals surface area contributed by atoms with Crippen molar-refractivity contribution in [2.75, 3.05) is 25.6 Å². The summed E-state index contributed by atoms with van der Waals surface area (Å²) in [6.45, 7) is 7.19. The van der Waals surface area contributed by atoms with Gasteiger partial charge in [0.15, 0.2) is 0 Å². The number of amides is 1. The van der Waals surface area contributed by atoms with Crippen LogP contribution >= 0.6 is 0 Å². The van der Waals surface area contributed by atoms with Gasteiger partial charge in [0, 0.05) is 31.3 Å². The third kappa shape index (κ3) is 7.51. The van der Waals surface area contributed by atoms with Gasteiger partial charge in [0.05, 0.1) is 11.5 Å². The van der Waals surface area contributed by atoms with Crippen LogP contribution in [0.1, 0.15) is 50.4 Å². The van der Waals surface area contributed by atoms with E-state index in [1.807, 2.05) is 6.92 Å². The van der Waals surface area contributed by atoms with Crippen LogP contribution in [-0.2, 0) is 4.74 Å². The van der Waals surface area contributed by atoms with Crippen molar-refractivity contribution in [3.8, 4) is 0 Å². The zero-order valence-corrected chi connectivity index (χ0v) is 15.5. The maximum absolute atomic E-state index is 12.3. The van der Waals surface area contributed by atoms with E-state index in [4.69, 9.17) is 4.74 Å². The number of hydrogen-bond donors (Lipinski definition) is 2. The lowest BCUT2D eigenvalue weighted by Crippen LogP contribution is -2.32. The van der Waals surface area contributed by atoms with Crippen molar-refractivity contribution in [3.05, 3.63) is 33.9 Å². The molecule has 0 radical (unpaired) electrons. The quantitative estimate of drug-likeness (QED) is 0.361. The highest BCUT2D eigenvalue weighted by Gasteiger charge is 2.18. The lowest BCUT2D eigenvalue weighted by molar-refractivity contribution is -0.384. The fourth-order valence-corrected chi connectivity index (χ4v) is 2.47. The lowest BCUT2D eigenvalue weighted by Gasteiger charge is -2.15. The fourth-order valence-electron chi connectivity index (χ4n) is 2.47. The molecule has 1 aromatic carbocycles. The van der Waals surface area contributed by atoms with Crippen LogP contribution in [0.4, 0.5) is 11.4 Å². The summed E-state index contributed by atoms with van der Waals surface area (Å²) in [4.78, 5) is 23.1. The largest absolute Gasteiger partial charge is 0.383 e. The van der Waals surface area contributed by atoms with Gasteiger partial charge in [-0.15, -0.1) is 0 Å². The molecule has 0 saturated carbocycles. The molecule has 7 nitrogen and oxygen atoms in total. The van der Waals surface area contributed by atoms with Crippen molar-refractivity contribution in [2.24, 2.45) is 5.92 Å². The molecule has 1 unspecified atom stereocenters. The van der Waals surface area contributed by atoms with E-state index in [0.717, 1.165) is 19.3 Å². The summed E-state index contributed by atoms with van der Waals surface area (Å²) in [5, 5.41) is 17.1. The summed E-state index contributed by atoms with van der Waals surface area (Å²) in [6.07, 6.45) is 3.05. The van der Waals surface area contributed by atoms with E-state index in [1.54, 1.807) is 19.2 Å². The SMILES string of the molecule is COCCNc1ccc(C(=O)NC(C)CCCC(C)C)cc1[N+](=O)[O-]. The second-order valence-electron chi connectivity index (χ2n) is 6.61. The van der Waals surface area contributed by atoms with Gasteiger partial charge in [-0.2, -0.15) is 0 Å². The van der Waals surface area contributed by atoms with E-state index in [-0.39, 0.29) is 17.6 Å². The van der Waals surface area contributed by atoms with Gasteiger partial charge < -0.3 is 15.4 Å². The Morgan fingerprint density at radius 1 is 1.28 bits per heavy atom. The van der Waals surface area contributed by atoms with Crippen LogP contribution in [0.15, 0.2) is 18.2 Å². The molecule has 0 bridgehead atoms. The minimum absolute atomic E-state index is 0.0322. The first-order valence-corrected chi connectivity index (χ1v) is 8.67. The first-order chi connectivity index (χ1) is 11.8. The summed E-state index contributed by atoms with van der Waals surface area (Å²) in [5.41, 5.74) is 0.555. The number of nitro groups is 1. The van der Waals surface area contributed by atoms with E-state index in [9.17, 15) is 14.9 Å². The molecule has 0 aromatic heterocycles. The van der Waals surface area contributed by atoms with Gasteiger partial charge in [-0.25, -0.2) is 0 Å². The predicted molar refractivity (Wildman–Crippen MR) is 99.1 cm³/mol. The Morgan fingerprint density at radius 3 is 2.60 bits per heavy atom. The number of nitrogens with one attached hydrogen (secondary N) is 2. The molecule has 2 N–H and O–H groups in total. The summed E-state index contributed by atoms with van der Waals surface area (Å²) in [7, 11) is 1.56. The Hall–Kier alpha value is -2.15. The molecule has 25 heavy (non-hydrogen) atoms. The molecule has 140 valence electrons. The molecule has 1 rings (SSSR count). The number of benzene rings is 1. The molecular weight excluding hydrogens is 322 g/mol. The summed E-state index contributed by atoms with van der Waals surface area (Å²) in [6, 6.07) is 4.50. The molecule has 0 aliphatic rings. The Balaban J connectivity index is 2.72. The minimum atomic E-state index is -0.488. The Kier molecular flexibility index (Phi) is 8.91. The number of hydrogen-bond acceptors (Lipinski definition) is 5. The van der Waals surface area contributed by atoms with E-state index < -0.39 is 4.92 Å². The smallest absolute Gasteiger partial charge is 0.293 e.